The molecule has 0 radical (unpaired) electrons. The third kappa shape index (κ3) is 8.19. The van der Waals surface area contributed by atoms with E-state index in [1.807, 2.05) is 0 Å². The van der Waals surface area contributed by atoms with E-state index in [-0.39, 0.29) is 6.54 Å². The Bertz CT molecular complexity index is 196. The van der Waals surface area contributed by atoms with Crippen LogP contribution in [0.1, 0.15) is 19.8 Å². The summed E-state index contributed by atoms with van der Waals surface area (Å²) in [4.78, 5) is 10.6. The molecule has 0 saturated heterocycles. The maximum absolute atomic E-state index is 11.5. The van der Waals surface area contributed by atoms with Crippen molar-refractivity contribution in [3.05, 3.63) is 0 Å². The number of carboxylic acids is 1. The van der Waals surface area contributed by atoms with Crippen LogP contribution in [0.5, 0.6) is 0 Å². The molecule has 0 aromatic rings. The molecule has 0 amide bonds. The average molecular weight is 229 g/mol. The normalized spacial score (nSPS) is 13.9. The number of hydrogen-bond donors (Lipinski definition) is 2. The maximum atomic E-state index is 11.5. The number of nitrogens with one attached hydrogen (secondary N) is 1. The van der Waals surface area contributed by atoms with E-state index in [1.54, 1.807) is 6.92 Å². The second-order valence-corrected chi connectivity index (χ2v) is 2.93. The van der Waals surface area contributed by atoms with Crippen molar-refractivity contribution >= 4 is 5.97 Å². The van der Waals surface area contributed by atoms with Gasteiger partial charge in [-0.2, -0.15) is 0 Å². The number of rotatable bonds is 7. The van der Waals surface area contributed by atoms with Gasteiger partial charge in [0, 0.05) is 6.54 Å². The Morgan fingerprint density at radius 3 is 2.53 bits per heavy atom. The van der Waals surface area contributed by atoms with Crippen LogP contribution in [-0.2, 0) is 9.53 Å². The van der Waals surface area contributed by atoms with Crippen molar-refractivity contribution in [1.82, 2.24) is 5.32 Å². The largest absolute Gasteiger partial charge is 0.522 e. The van der Waals surface area contributed by atoms with E-state index in [9.17, 15) is 18.0 Å². The Kier molecular flexibility index (Phi) is 6.26. The molecule has 2 N–H and O–H groups in total. The minimum Gasteiger partial charge on any atom is -0.480 e. The van der Waals surface area contributed by atoms with Crippen molar-refractivity contribution in [1.29, 1.82) is 0 Å². The van der Waals surface area contributed by atoms with Gasteiger partial charge in [-0.1, -0.05) is 13.3 Å². The SMILES string of the molecule is CCCC(NCCOC(F)(F)F)C(=O)O. The number of halogens is 3. The molecule has 4 nitrogen and oxygen atoms in total. The molecule has 0 heterocycles. The first-order chi connectivity index (χ1) is 6.87. The van der Waals surface area contributed by atoms with Crippen LogP contribution in [0.3, 0.4) is 0 Å². The standard InChI is InChI=1S/C8H14F3NO3/c1-2-3-6(7(13)14)12-4-5-15-8(9,10)11/h6,12H,2-5H2,1H3,(H,13,14). The lowest BCUT2D eigenvalue weighted by Gasteiger charge is -2.13. The molecule has 0 aliphatic heterocycles. The van der Waals surface area contributed by atoms with Gasteiger partial charge >= 0.3 is 12.3 Å². The van der Waals surface area contributed by atoms with Crippen LogP contribution in [0.25, 0.3) is 0 Å². The van der Waals surface area contributed by atoms with Crippen molar-refractivity contribution in [3.63, 3.8) is 0 Å². The minimum absolute atomic E-state index is 0.142. The number of carboxylic acid groups (broad SMARTS) is 1. The van der Waals surface area contributed by atoms with E-state index >= 15 is 0 Å². The molecule has 0 aliphatic carbocycles. The summed E-state index contributed by atoms with van der Waals surface area (Å²) in [5.74, 6) is -1.07. The quantitative estimate of drug-likeness (QED) is 0.647. The molecule has 0 fully saturated rings. The number of carbonyl (C=O) groups is 1. The first kappa shape index (κ1) is 14.2. The number of hydrogen-bond acceptors (Lipinski definition) is 3. The minimum atomic E-state index is -4.66. The summed E-state index contributed by atoms with van der Waals surface area (Å²) in [5, 5.41) is 11.1. The molecule has 0 bridgehead atoms. The van der Waals surface area contributed by atoms with Crippen LogP contribution in [0.4, 0.5) is 13.2 Å². The highest BCUT2D eigenvalue weighted by molar-refractivity contribution is 5.73. The van der Waals surface area contributed by atoms with Crippen LogP contribution in [0, 0.1) is 0 Å². The van der Waals surface area contributed by atoms with Crippen LogP contribution < -0.4 is 5.32 Å². The van der Waals surface area contributed by atoms with Crippen molar-refractivity contribution in [2.75, 3.05) is 13.2 Å². The Morgan fingerprint density at radius 2 is 2.13 bits per heavy atom. The summed E-state index contributed by atoms with van der Waals surface area (Å²) in [6.45, 7) is 1.07. The van der Waals surface area contributed by atoms with Gasteiger partial charge in [-0.15, -0.1) is 13.2 Å². The molecule has 15 heavy (non-hydrogen) atoms. The highest BCUT2D eigenvalue weighted by Gasteiger charge is 2.28. The number of ether oxygens (including phenoxy) is 1. The lowest BCUT2D eigenvalue weighted by molar-refractivity contribution is -0.323. The smallest absolute Gasteiger partial charge is 0.480 e. The van der Waals surface area contributed by atoms with Gasteiger partial charge in [0.25, 0.3) is 0 Å². The fraction of sp³-hybridized carbons (Fsp3) is 0.875. The first-order valence-electron chi connectivity index (χ1n) is 4.53. The zero-order valence-corrected chi connectivity index (χ0v) is 8.30. The van der Waals surface area contributed by atoms with Crippen molar-refractivity contribution in [3.8, 4) is 0 Å². The molecule has 0 aromatic carbocycles. The molecule has 90 valence electrons. The zero-order chi connectivity index (χ0) is 11.9. The summed E-state index contributed by atoms with van der Waals surface area (Å²) >= 11 is 0. The van der Waals surface area contributed by atoms with Crippen LogP contribution in [-0.4, -0.2) is 36.6 Å². The van der Waals surface area contributed by atoms with Gasteiger partial charge in [-0.25, -0.2) is 0 Å². The Balaban J connectivity index is 3.67. The molecule has 0 aliphatic rings. The predicted molar refractivity (Wildman–Crippen MR) is 46.3 cm³/mol. The lowest BCUT2D eigenvalue weighted by Crippen LogP contribution is -2.39. The molecule has 1 unspecified atom stereocenters. The van der Waals surface area contributed by atoms with E-state index in [1.165, 1.54) is 0 Å². The van der Waals surface area contributed by atoms with E-state index in [2.05, 4.69) is 10.1 Å². The third-order valence-corrected chi connectivity index (χ3v) is 1.63. The van der Waals surface area contributed by atoms with E-state index in [4.69, 9.17) is 5.11 Å². The summed E-state index contributed by atoms with van der Waals surface area (Å²) < 4.78 is 38.0. The highest BCUT2D eigenvalue weighted by atomic mass is 19.4. The molecule has 0 rings (SSSR count). The van der Waals surface area contributed by atoms with Crippen LogP contribution in [0.15, 0.2) is 0 Å². The van der Waals surface area contributed by atoms with Crippen molar-refractivity contribution in [2.24, 2.45) is 0 Å². The second kappa shape index (κ2) is 6.62. The van der Waals surface area contributed by atoms with Gasteiger partial charge in [0.2, 0.25) is 0 Å². The first-order valence-corrected chi connectivity index (χ1v) is 4.53. The fourth-order valence-corrected chi connectivity index (χ4v) is 1.00. The van der Waals surface area contributed by atoms with Gasteiger partial charge in [0.05, 0.1) is 6.61 Å². The van der Waals surface area contributed by atoms with E-state index in [0.29, 0.717) is 12.8 Å². The second-order valence-electron chi connectivity index (χ2n) is 2.93. The van der Waals surface area contributed by atoms with E-state index in [0.717, 1.165) is 0 Å². The highest BCUT2D eigenvalue weighted by Crippen LogP contribution is 2.15. The number of aliphatic carboxylic acids is 1. The lowest BCUT2D eigenvalue weighted by atomic mass is 10.2. The Morgan fingerprint density at radius 1 is 1.53 bits per heavy atom. The van der Waals surface area contributed by atoms with Gasteiger partial charge < -0.3 is 10.4 Å². The molecule has 7 heteroatoms. The van der Waals surface area contributed by atoms with Crippen LogP contribution in [0.2, 0.25) is 0 Å². The van der Waals surface area contributed by atoms with Gasteiger partial charge in [0.1, 0.15) is 6.04 Å². The van der Waals surface area contributed by atoms with Crippen molar-refractivity contribution < 1.29 is 27.8 Å². The number of alkyl halides is 3. The molecular formula is C8H14F3NO3. The summed E-state index contributed by atoms with van der Waals surface area (Å²) in [5.41, 5.74) is 0. The summed E-state index contributed by atoms with van der Waals surface area (Å²) in [6, 6.07) is -0.813. The van der Waals surface area contributed by atoms with E-state index < -0.39 is 25.0 Å². The van der Waals surface area contributed by atoms with Gasteiger partial charge in [0.15, 0.2) is 0 Å². The molecule has 0 aromatic heterocycles. The fourth-order valence-electron chi connectivity index (χ4n) is 1.00. The predicted octanol–water partition coefficient (Wildman–Crippen LogP) is 1.37. The Labute approximate surface area is 85.4 Å². The van der Waals surface area contributed by atoms with Gasteiger partial charge in [-0.05, 0) is 6.42 Å². The maximum Gasteiger partial charge on any atom is 0.522 e. The molecular weight excluding hydrogens is 215 g/mol. The zero-order valence-electron chi connectivity index (χ0n) is 8.30. The third-order valence-electron chi connectivity index (χ3n) is 1.63. The molecule has 0 spiro atoms. The molecule has 0 saturated carbocycles. The summed E-state index contributed by atoms with van der Waals surface area (Å²) in [7, 11) is 0. The topological polar surface area (TPSA) is 58.6 Å². The Hall–Kier alpha value is -0.820. The monoisotopic (exact) mass is 229 g/mol. The molecule has 1 atom stereocenters. The average Bonchev–Trinajstić information content (AvgIpc) is 2.08. The summed E-state index contributed by atoms with van der Waals surface area (Å²) in [6.07, 6.45) is -3.64. The van der Waals surface area contributed by atoms with Crippen molar-refractivity contribution in [2.45, 2.75) is 32.2 Å². The van der Waals surface area contributed by atoms with Crippen LogP contribution >= 0.6 is 0 Å². The van der Waals surface area contributed by atoms with Gasteiger partial charge in [-0.3, -0.25) is 9.53 Å².